The van der Waals surface area contributed by atoms with Gasteiger partial charge in [-0.2, -0.15) is 5.26 Å². The van der Waals surface area contributed by atoms with Gasteiger partial charge in [0.15, 0.2) is 0 Å². The van der Waals surface area contributed by atoms with E-state index in [1.165, 1.54) is 16.8 Å². The molecule has 168 valence electrons. The van der Waals surface area contributed by atoms with Crippen molar-refractivity contribution in [2.75, 3.05) is 50.7 Å². The first-order valence-electron chi connectivity index (χ1n) is 10.7. The van der Waals surface area contributed by atoms with Crippen LogP contribution in [0, 0.1) is 25.2 Å². The fraction of sp³-hybridized carbons (Fsp3) is 0.522. The molecule has 0 unspecified atom stereocenters. The highest BCUT2D eigenvalue weighted by Gasteiger charge is 2.20. The van der Waals surface area contributed by atoms with Crippen molar-refractivity contribution in [2.24, 2.45) is 0 Å². The van der Waals surface area contributed by atoms with Gasteiger partial charge in [-0.3, -0.25) is 9.59 Å². The van der Waals surface area contributed by atoms with Crippen molar-refractivity contribution in [3.05, 3.63) is 41.1 Å². The minimum Gasteiger partial charge on any atom is -0.373 e. The van der Waals surface area contributed by atoms with Crippen LogP contribution in [0.15, 0.2) is 30.0 Å². The standard InChI is InChI=1S/C23H31N5O2.ClH/c1-18-6-3-7-21(19(18)2)27-14-12-26(13-15-27)17-20(16-24)23(30)25-9-5-11-28-10-4-8-22(28)29;/h3,6-7,17H,4-5,8-15H2,1-2H3,(H,25,30);1H/b20-17-;. The Morgan fingerprint density at radius 3 is 2.58 bits per heavy atom. The smallest absolute Gasteiger partial charge is 0.263 e. The quantitative estimate of drug-likeness (QED) is 0.396. The Hall–Kier alpha value is -2.72. The van der Waals surface area contributed by atoms with Crippen LogP contribution in [-0.4, -0.2) is 67.4 Å². The molecule has 2 aliphatic heterocycles. The van der Waals surface area contributed by atoms with Crippen molar-refractivity contribution in [1.82, 2.24) is 15.1 Å². The first kappa shape index (κ1) is 24.5. The molecule has 7 nitrogen and oxygen atoms in total. The van der Waals surface area contributed by atoms with Gasteiger partial charge in [-0.15, -0.1) is 12.4 Å². The number of anilines is 1. The number of piperazine rings is 1. The number of nitrogens with one attached hydrogen (secondary N) is 1. The zero-order valence-corrected chi connectivity index (χ0v) is 19.2. The molecule has 2 amide bonds. The summed E-state index contributed by atoms with van der Waals surface area (Å²) in [6.07, 6.45) is 3.93. The second kappa shape index (κ2) is 11.6. The largest absolute Gasteiger partial charge is 0.373 e. The van der Waals surface area contributed by atoms with Crippen molar-refractivity contribution in [2.45, 2.75) is 33.1 Å². The lowest BCUT2D eigenvalue weighted by Crippen LogP contribution is -2.44. The number of hydrogen-bond donors (Lipinski definition) is 1. The van der Waals surface area contributed by atoms with Gasteiger partial charge < -0.3 is 20.0 Å². The molecule has 2 fully saturated rings. The van der Waals surface area contributed by atoms with E-state index >= 15 is 0 Å². The van der Waals surface area contributed by atoms with Crippen LogP contribution in [0.5, 0.6) is 0 Å². The number of aryl methyl sites for hydroxylation is 1. The molecule has 1 aromatic rings. The lowest BCUT2D eigenvalue weighted by molar-refractivity contribution is -0.127. The van der Waals surface area contributed by atoms with E-state index in [2.05, 4.69) is 42.3 Å². The summed E-state index contributed by atoms with van der Waals surface area (Å²) in [6.45, 7) is 9.44. The van der Waals surface area contributed by atoms with Gasteiger partial charge in [0, 0.05) is 64.1 Å². The van der Waals surface area contributed by atoms with Gasteiger partial charge in [-0.25, -0.2) is 0 Å². The number of likely N-dealkylation sites (tertiary alicyclic amines) is 1. The number of nitriles is 1. The molecule has 0 atom stereocenters. The van der Waals surface area contributed by atoms with Crippen molar-refractivity contribution < 1.29 is 9.59 Å². The third-order valence-corrected chi connectivity index (χ3v) is 5.97. The van der Waals surface area contributed by atoms with Crippen LogP contribution in [0.4, 0.5) is 5.69 Å². The summed E-state index contributed by atoms with van der Waals surface area (Å²) < 4.78 is 0. The van der Waals surface area contributed by atoms with Gasteiger partial charge in [-0.05, 0) is 43.9 Å². The van der Waals surface area contributed by atoms with Gasteiger partial charge in [-0.1, -0.05) is 12.1 Å². The van der Waals surface area contributed by atoms with Crippen LogP contribution in [0.25, 0.3) is 0 Å². The number of carbonyl (C=O) groups excluding carboxylic acids is 2. The molecule has 0 aliphatic carbocycles. The highest BCUT2D eigenvalue weighted by molar-refractivity contribution is 5.97. The summed E-state index contributed by atoms with van der Waals surface area (Å²) in [6, 6.07) is 8.39. The maximum atomic E-state index is 12.4. The Morgan fingerprint density at radius 2 is 1.94 bits per heavy atom. The van der Waals surface area contributed by atoms with Crippen LogP contribution in [0.2, 0.25) is 0 Å². The minimum atomic E-state index is -0.345. The SMILES string of the molecule is Cc1cccc(N2CCN(/C=C(/C#N)C(=O)NCCCN3CCCC3=O)CC2)c1C.Cl. The summed E-state index contributed by atoms with van der Waals surface area (Å²) in [7, 11) is 0. The number of halogens is 1. The number of benzene rings is 1. The summed E-state index contributed by atoms with van der Waals surface area (Å²) in [5.41, 5.74) is 3.97. The first-order valence-corrected chi connectivity index (χ1v) is 10.7. The molecule has 31 heavy (non-hydrogen) atoms. The highest BCUT2D eigenvalue weighted by Crippen LogP contribution is 2.24. The molecular formula is C23H32ClN5O2. The second-order valence-corrected chi connectivity index (χ2v) is 7.99. The van der Waals surface area contributed by atoms with Crippen LogP contribution >= 0.6 is 12.4 Å². The van der Waals surface area contributed by atoms with E-state index in [1.54, 1.807) is 6.20 Å². The Labute approximate surface area is 191 Å². The van der Waals surface area contributed by atoms with Crippen LogP contribution in [0.3, 0.4) is 0 Å². The maximum Gasteiger partial charge on any atom is 0.263 e. The van der Waals surface area contributed by atoms with Crippen molar-refractivity contribution in [3.63, 3.8) is 0 Å². The molecule has 3 rings (SSSR count). The predicted molar refractivity (Wildman–Crippen MR) is 124 cm³/mol. The second-order valence-electron chi connectivity index (χ2n) is 7.99. The molecule has 2 saturated heterocycles. The van der Waals surface area contributed by atoms with Gasteiger partial charge in [0.2, 0.25) is 5.91 Å². The lowest BCUT2D eigenvalue weighted by Gasteiger charge is -2.36. The number of amides is 2. The summed E-state index contributed by atoms with van der Waals surface area (Å²) in [5.74, 6) is -0.152. The Bertz CT molecular complexity index is 856. The Kier molecular flexibility index (Phi) is 9.20. The third-order valence-electron chi connectivity index (χ3n) is 5.97. The van der Waals surface area contributed by atoms with E-state index in [0.717, 1.165) is 39.1 Å². The fourth-order valence-electron chi connectivity index (χ4n) is 4.00. The minimum absolute atomic E-state index is 0. The van der Waals surface area contributed by atoms with Gasteiger partial charge in [0.05, 0.1) is 0 Å². The third kappa shape index (κ3) is 6.38. The molecule has 0 spiro atoms. The average molecular weight is 446 g/mol. The molecule has 8 heteroatoms. The maximum absolute atomic E-state index is 12.4. The van der Waals surface area contributed by atoms with Gasteiger partial charge >= 0.3 is 0 Å². The van der Waals surface area contributed by atoms with Gasteiger partial charge in [0.1, 0.15) is 11.6 Å². The summed E-state index contributed by atoms with van der Waals surface area (Å²) in [4.78, 5) is 30.2. The highest BCUT2D eigenvalue weighted by atomic mass is 35.5. The topological polar surface area (TPSA) is 79.7 Å². The Morgan fingerprint density at radius 1 is 1.19 bits per heavy atom. The van der Waals surface area contributed by atoms with Crippen LogP contribution in [-0.2, 0) is 9.59 Å². The fourth-order valence-corrected chi connectivity index (χ4v) is 4.00. The molecule has 2 heterocycles. The molecule has 1 N–H and O–H groups in total. The molecular weight excluding hydrogens is 414 g/mol. The molecule has 1 aromatic carbocycles. The summed E-state index contributed by atoms with van der Waals surface area (Å²) >= 11 is 0. The van der Waals surface area contributed by atoms with E-state index in [4.69, 9.17) is 0 Å². The van der Waals surface area contributed by atoms with Crippen molar-refractivity contribution in [1.29, 1.82) is 5.26 Å². The number of carbonyl (C=O) groups is 2. The van der Waals surface area contributed by atoms with E-state index in [-0.39, 0.29) is 29.8 Å². The average Bonchev–Trinajstić information content (AvgIpc) is 3.16. The Balaban J connectivity index is 0.00000341. The summed E-state index contributed by atoms with van der Waals surface area (Å²) in [5, 5.41) is 12.2. The number of hydrogen-bond acceptors (Lipinski definition) is 5. The number of rotatable bonds is 7. The van der Waals surface area contributed by atoms with Crippen molar-refractivity contribution in [3.8, 4) is 6.07 Å². The van der Waals surface area contributed by atoms with Crippen LogP contribution in [0.1, 0.15) is 30.4 Å². The van der Waals surface area contributed by atoms with Crippen LogP contribution < -0.4 is 10.2 Å². The van der Waals surface area contributed by atoms with E-state index in [9.17, 15) is 14.9 Å². The lowest BCUT2D eigenvalue weighted by atomic mass is 10.1. The molecule has 0 saturated carbocycles. The molecule has 0 bridgehead atoms. The monoisotopic (exact) mass is 445 g/mol. The van der Waals surface area contributed by atoms with E-state index in [1.807, 2.05) is 15.9 Å². The van der Waals surface area contributed by atoms with E-state index < -0.39 is 0 Å². The molecule has 0 radical (unpaired) electrons. The zero-order valence-electron chi connectivity index (χ0n) is 18.4. The predicted octanol–water partition coefficient (Wildman–Crippen LogP) is 2.38. The molecule has 0 aromatic heterocycles. The van der Waals surface area contributed by atoms with Crippen molar-refractivity contribution >= 4 is 29.9 Å². The first-order chi connectivity index (χ1) is 14.5. The normalized spacial score (nSPS) is 16.7. The number of nitrogens with zero attached hydrogens (tertiary/aromatic N) is 4. The van der Waals surface area contributed by atoms with Gasteiger partial charge in [0.25, 0.3) is 5.91 Å². The zero-order chi connectivity index (χ0) is 21.5. The molecule has 2 aliphatic rings. The van der Waals surface area contributed by atoms with E-state index in [0.29, 0.717) is 25.9 Å².